The number of hydrogen-bond acceptors (Lipinski definition) is 8. The van der Waals surface area contributed by atoms with Gasteiger partial charge in [-0.05, 0) is 69.8 Å². The summed E-state index contributed by atoms with van der Waals surface area (Å²) in [5.74, 6) is -1.73. The summed E-state index contributed by atoms with van der Waals surface area (Å²) < 4.78 is 20.9. The lowest BCUT2D eigenvalue weighted by molar-refractivity contribution is -0.139. The summed E-state index contributed by atoms with van der Waals surface area (Å²) in [6.07, 6.45) is 3.30. The third-order valence-corrected chi connectivity index (χ3v) is 4.70. The molecule has 8 heteroatoms. The van der Waals surface area contributed by atoms with Gasteiger partial charge in [-0.15, -0.1) is 0 Å². The molecule has 0 aromatic heterocycles. The topological polar surface area (TPSA) is 108 Å². The van der Waals surface area contributed by atoms with Crippen molar-refractivity contribution in [1.82, 2.24) is 0 Å². The Morgan fingerprint density at radius 1 is 0.639 bits per heavy atom. The van der Waals surface area contributed by atoms with E-state index in [0.29, 0.717) is 27.8 Å². The number of rotatable bonds is 14. The number of esters is 3. The molecule has 2 rings (SSSR count). The fourth-order valence-electron chi connectivity index (χ4n) is 3.08. The quantitative estimate of drug-likeness (QED) is 0.138. The molecule has 8 nitrogen and oxygen atoms in total. The van der Waals surface area contributed by atoms with E-state index >= 15 is 0 Å². The average Bonchev–Trinajstić information content (AvgIpc) is 2.91. The highest BCUT2D eigenvalue weighted by atomic mass is 16.6. The minimum atomic E-state index is -1.15. The van der Waals surface area contributed by atoms with Gasteiger partial charge in [0.1, 0.15) is 19.8 Å². The van der Waals surface area contributed by atoms with Crippen LogP contribution in [-0.4, -0.2) is 29.3 Å². The summed E-state index contributed by atoms with van der Waals surface area (Å²) in [4.78, 5) is 34.7. The number of carbonyl (C=O) groups is 3. The van der Waals surface area contributed by atoms with Crippen LogP contribution in [-0.2, 0) is 59.8 Å². The summed E-state index contributed by atoms with van der Waals surface area (Å²) in [6.45, 7) is 13.6. The Labute approximate surface area is 209 Å². The number of ether oxygens (including phenoxy) is 4. The summed E-state index contributed by atoms with van der Waals surface area (Å²) in [5.41, 5.74) is 4.10. The molecule has 0 aliphatic rings. The molecule has 0 saturated heterocycles. The van der Waals surface area contributed by atoms with Gasteiger partial charge < -0.3 is 24.1 Å². The Morgan fingerprint density at radius 2 is 0.972 bits per heavy atom. The van der Waals surface area contributed by atoms with Gasteiger partial charge in [-0.2, -0.15) is 0 Å². The summed E-state index contributed by atoms with van der Waals surface area (Å²) in [7, 11) is 0. The van der Waals surface area contributed by atoms with E-state index in [-0.39, 0.29) is 26.4 Å². The lowest BCUT2D eigenvalue weighted by atomic mass is 9.96. The van der Waals surface area contributed by atoms with Crippen molar-refractivity contribution in [3.05, 3.63) is 109 Å². The molecule has 188 valence electrons. The van der Waals surface area contributed by atoms with Gasteiger partial charge in [-0.3, -0.25) is 0 Å². The van der Waals surface area contributed by atoms with Crippen molar-refractivity contribution in [2.45, 2.75) is 32.7 Å². The van der Waals surface area contributed by atoms with Crippen LogP contribution in [0.15, 0.2) is 87.0 Å². The highest BCUT2D eigenvalue weighted by Crippen LogP contribution is 2.27. The summed E-state index contributed by atoms with van der Waals surface area (Å²) >= 11 is 0. The first-order valence-electron chi connectivity index (χ1n) is 10.8. The van der Waals surface area contributed by atoms with E-state index < -0.39 is 24.2 Å². The molecule has 0 fully saturated rings. The maximum absolute atomic E-state index is 11.6. The third kappa shape index (κ3) is 9.17. The van der Waals surface area contributed by atoms with E-state index in [1.807, 2.05) is 24.3 Å². The zero-order valence-electron chi connectivity index (χ0n) is 19.8. The molecule has 0 aliphatic carbocycles. The number of benzene rings is 2. The van der Waals surface area contributed by atoms with Crippen molar-refractivity contribution in [3.63, 3.8) is 0 Å². The van der Waals surface area contributed by atoms with E-state index in [4.69, 9.17) is 18.9 Å². The van der Waals surface area contributed by atoms with Crippen LogP contribution >= 0.6 is 0 Å². The first kappa shape index (κ1) is 28.0. The average molecular weight is 493 g/mol. The van der Waals surface area contributed by atoms with Crippen LogP contribution in [0.5, 0.6) is 0 Å². The molecular weight excluding hydrogens is 464 g/mol. The molecule has 0 amide bonds. The van der Waals surface area contributed by atoms with Crippen LogP contribution in [0.4, 0.5) is 0 Å². The second kappa shape index (κ2) is 14.2. The van der Waals surface area contributed by atoms with Gasteiger partial charge in [0.15, 0.2) is 6.29 Å². The summed E-state index contributed by atoms with van der Waals surface area (Å²) in [6, 6.07) is 10.8. The van der Waals surface area contributed by atoms with Gasteiger partial charge >= 0.3 is 17.9 Å². The minimum Gasteiger partial charge on any atom is -0.458 e. The zero-order chi connectivity index (χ0) is 26.5. The number of carbonyl (C=O) groups excluding carboxylic acids is 3. The van der Waals surface area contributed by atoms with Gasteiger partial charge in [-0.25, -0.2) is 14.4 Å². The molecule has 2 aromatic carbocycles. The van der Waals surface area contributed by atoms with Gasteiger partial charge in [0.2, 0.25) is 0 Å². The van der Waals surface area contributed by atoms with Crippen LogP contribution in [0.1, 0.15) is 22.3 Å². The second-order valence-electron chi connectivity index (χ2n) is 7.45. The maximum Gasteiger partial charge on any atom is 0.330 e. The Morgan fingerprint density at radius 3 is 1.28 bits per heavy atom. The van der Waals surface area contributed by atoms with Gasteiger partial charge in [0, 0.05) is 18.2 Å². The van der Waals surface area contributed by atoms with E-state index in [9.17, 15) is 19.5 Å². The number of aliphatic hydroxyl groups excluding tert-OH is 1. The Bertz CT molecular complexity index is 1110. The molecule has 0 bridgehead atoms. The third-order valence-electron chi connectivity index (χ3n) is 4.70. The monoisotopic (exact) mass is 492 g/mol. The van der Waals surface area contributed by atoms with Crippen molar-refractivity contribution in [3.8, 4) is 11.1 Å². The molecular formula is C28H28O8. The van der Waals surface area contributed by atoms with Gasteiger partial charge in [0.05, 0.1) is 6.61 Å². The molecule has 0 radical (unpaired) electrons. The SMILES string of the molecule is C=CC(=O)OCc1cc(COC(=O)C=C)cc(-c2cc(COC(=O)C=C)cc(COC(O)C=C)c2)c1. The fraction of sp³-hybridized carbons (Fsp3) is 0.179. The van der Waals surface area contributed by atoms with Crippen LogP contribution in [0, 0.1) is 0 Å². The van der Waals surface area contributed by atoms with Crippen molar-refractivity contribution in [1.29, 1.82) is 0 Å². The lowest BCUT2D eigenvalue weighted by Gasteiger charge is -2.14. The van der Waals surface area contributed by atoms with Crippen molar-refractivity contribution >= 4 is 17.9 Å². The fourth-order valence-corrected chi connectivity index (χ4v) is 3.08. The summed E-state index contributed by atoms with van der Waals surface area (Å²) in [5, 5.41) is 9.69. The standard InChI is InChI=1S/C28H28O8/c1-5-25(29)33-15-19-9-20(16-34-26(30)6-2)12-23(11-19)24-13-21(17-35-27(31)7-3)10-22(14-24)18-36-28(32)8-4/h5-14,25,29H,1-4,15-18H2. The second-order valence-corrected chi connectivity index (χ2v) is 7.45. The first-order valence-corrected chi connectivity index (χ1v) is 10.8. The maximum atomic E-state index is 11.6. The smallest absolute Gasteiger partial charge is 0.330 e. The highest BCUT2D eigenvalue weighted by Gasteiger charge is 2.11. The van der Waals surface area contributed by atoms with Crippen LogP contribution < -0.4 is 0 Å². The normalized spacial score (nSPS) is 11.0. The minimum absolute atomic E-state index is 0.0177. The van der Waals surface area contributed by atoms with Gasteiger partial charge in [0.25, 0.3) is 0 Å². The predicted octanol–water partition coefficient (Wildman–Crippen LogP) is 4.06. The largest absolute Gasteiger partial charge is 0.458 e. The molecule has 0 spiro atoms. The molecule has 36 heavy (non-hydrogen) atoms. The lowest BCUT2D eigenvalue weighted by Crippen LogP contribution is -2.08. The predicted molar refractivity (Wildman–Crippen MR) is 133 cm³/mol. The zero-order valence-corrected chi connectivity index (χ0v) is 19.8. The molecule has 1 unspecified atom stereocenters. The number of aliphatic hydroxyl groups is 1. The molecule has 0 heterocycles. The van der Waals surface area contributed by atoms with Crippen molar-refractivity contribution < 1.29 is 38.4 Å². The first-order chi connectivity index (χ1) is 17.3. The number of hydrogen-bond donors (Lipinski definition) is 1. The van der Waals surface area contributed by atoms with Crippen LogP contribution in [0.25, 0.3) is 11.1 Å². The molecule has 0 aliphatic heterocycles. The Kier molecular flexibility index (Phi) is 11.0. The van der Waals surface area contributed by atoms with Crippen LogP contribution in [0.3, 0.4) is 0 Å². The van der Waals surface area contributed by atoms with E-state index in [0.717, 1.165) is 23.8 Å². The van der Waals surface area contributed by atoms with E-state index in [2.05, 4.69) is 26.3 Å². The molecule has 1 N–H and O–H groups in total. The van der Waals surface area contributed by atoms with Crippen LogP contribution in [0.2, 0.25) is 0 Å². The highest BCUT2D eigenvalue weighted by molar-refractivity contribution is 5.82. The van der Waals surface area contributed by atoms with E-state index in [1.165, 1.54) is 6.08 Å². The molecule has 2 aromatic rings. The Hall–Kier alpha value is -4.27. The van der Waals surface area contributed by atoms with Crippen molar-refractivity contribution in [2.24, 2.45) is 0 Å². The molecule has 0 saturated carbocycles. The van der Waals surface area contributed by atoms with E-state index in [1.54, 1.807) is 12.1 Å². The van der Waals surface area contributed by atoms with Crippen molar-refractivity contribution in [2.75, 3.05) is 0 Å². The Balaban J connectivity index is 2.48. The molecule has 1 atom stereocenters. The van der Waals surface area contributed by atoms with Gasteiger partial charge in [-0.1, -0.05) is 32.4 Å².